The number of ether oxygens (including phenoxy) is 1. The highest BCUT2D eigenvalue weighted by atomic mass is 32.2. The van der Waals surface area contributed by atoms with Crippen molar-refractivity contribution in [1.29, 1.82) is 0 Å². The molecule has 2 amide bonds. The molecule has 3 rings (SSSR count). The van der Waals surface area contributed by atoms with E-state index in [-0.39, 0.29) is 5.69 Å². The van der Waals surface area contributed by atoms with Gasteiger partial charge in [0.2, 0.25) is 0 Å². The zero-order valence-corrected chi connectivity index (χ0v) is 15.9. The third kappa shape index (κ3) is 4.06. The molecular formula is C20H16F3NO3S. The molecule has 0 aromatic heterocycles. The van der Waals surface area contributed by atoms with Crippen LogP contribution in [0.1, 0.15) is 18.1 Å². The van der Waals surface area contributed by atoms with Gasteiger partial charge in [-0.2, -0.15) is 0 Å². The van der Waals surface area contributed by atoms with Gasteiger partial charge in [0.25, 0.3) is 11.8 Å². The molecule has 1 heterocycles. The average Bonchev–Trinajstić information content (AvgIpc) is 2.86. The molecule has 0 saturated carbocycles. The van der Waals surface area contributed by atoms with Crippen molar-refractivity contribution in [2.24, 2.45) is 0 Å². The summed E-state index contributed by atoms with van der Waals surface area (Å²) in [5.74, 6) is -0.827. The van der Waals surface area contributed by atoms with Gasteiger partial charge in [0.1, 0.15) is 5.75 Å². The number of halogens is 3. The summed E-state index contributed by atoms with van der Waals surface area (Å²) in [5, 5.41) is 0. The minimum absolute atomic E-state index is 0.181. The standard InChI is InChI=1S/C20H16F3NO3S/c1-3-28-17-16(13-6-4-12(2)5-7-13)18(25)24(19(17)26)14-8-10-15(11-9-14)27-20(21,22)23/h4-11H,3H2,1-2H3. The molecule has 8 heteroatoms. The van der Waals surface area contributed by atoms with E-state index in [2.05, 4.69) is 4.74 Å². The fraction of sp³-hybridized carbons (Fsp3) is 0.200. The second kappa shape index (κ2) is 7.71. The number of rotatable bonds is 5. The summed E-state index contributed by atoms with van der Waals surface area (Å²) < 4.78 is 40.8. The molecule has 146 valence electrons. The van der Waals surface area contributed by atoms with Crippen molar-refractivity contribution in [2.45, 2.75) is 20.2 Å². The molecule has 0 bridgehead atoms. The highest BCUT2D eigenvalue weighted by molar-refractivity contribution is 8.04. The third-order valence-corrected chi connectivity index (χ3v) is 4.95. The van der Waals surface area contributed by atoms with Crippen LogP contribution in [0.2, 0.25) is 0 Å². The number of carbonyl (C=O) groups excluding carboxylic acids is 2. The zero-order valence-electron chi connectivity index (χ0n) is 15.0. The van der Waals surface area contributed by atoms with E-state index < -0.39 is 23.9 Å². The lowest BCUT2D eigenvalue weighted by Gasteiger charge is -2.16. The first-order valence-corrected chi connectivity index (χ1v) is 9.38. The fourth-order valence-corrected chi connectivity index (χ4v) is 3.65. The van der Waals surface area contributed by atoms with Gasteiger partial charge in [0.15, 0.2) is 0 Å². The lowest BCUT2D eigenvalue weighted by atomic mass is 10.0. The van der Waals surface area contributed by atoms with Gasteiger partial charge < -0.3 is 4.74 Å². The van der Waals surface area contributed by atoms with Crippen LogP contribution in [0.5, 0.6) is 5.75 Å². The molecule has 0 spiro atoms. The minimum atomic E-state index is -4.81. The van der Waals surface area contributed by atoms with Gasteiger partial charge in [-0.25, -0.2) is 4.90 Å². The van der Waals surface area contributed by atoms with E-state index in [0.29, 0.717) is 21.8 Å². The van der Waals surface area contributed by atoms with Crippen LogP contribution in [-0.4, -0.2) is 23.9 Å². The van der Waals surface area contributed by atoms with Gasteiger partial charge in [0.05, 0.1) is 16.2 Å². The number of carbonyl (C=O) groups is 2. The van der Waals surface area contributed by atoms with Gasteiger partial charge in [0, 0.05) is 0 Å². The second-order valence-corrected chi connectivity index (χ2v) is 7.26. The number of aryl methyl sites for hydroxylation is 1. The van der Waals surface area contributed by atoms with Gasteiger partial charge in [-0.15, -0.1) is 24.9 Å². The van der Waals surface area contributed by atoms with Crippen LogP contribution < -0.4 is 9.64 Å². The Morgan fingerprint density at radius 1 is 0.964 bits per heavy atom. The average molecular weight is 407 g/mol. The Morgan fingerprint density at radius 2 is 1.57 bits per heavy atom. The Labute approximate surface area is 164 Å². The van der Waals surface area contributed by atoms with E-state index in [1.165, 1.54) is 23.9 Å². The van der Waals surface area contributed by atoms with Crippen molar-refractivity contribution in [2.75, 3.05) is 10.7 Å². The number of anilines is 1. The Morgan fingerprint density at radius 3 is 2.11 bits per heavy atom. The second-order valence-electron chi connectivity index (χ2n) is 5.99. The number of thioether (sulfide) groups is 1. The number of amides is 2. The van der Waals surface area contributed by atoms with E-state index in [4.69, 9.17) is 0 Å². The lowest BCUT2D eigenvalue weighted by molar-refractivity contribution is -0.274. The van der Waals surface area contributed by atoms with Crippen molar-refractivity contribution < 1.29 is 27.5 Å². The highest BCUT2D eigenvalue weighted by Gasteiger charge is 2.40. The molecule has 0 saturated heterocycles. The molecule has 1 aliphatic heterocycles. The zero-order chi connectivity index (χ0) is 20.5. The SMILES string of the molecule is CCSC1=C(c2ccc(C)cc2)C(=O)N(c2ccc(OC(F)(F)F)cc2)C1=O. The van der Waals surface area contributed by atoms with Crippen molar-refractivity contribution in [3.05, 3.63) is 64.6 Å². The van der Waals surface area contributed by atoms with Crippen LogP contribution >= 0.6 is 11.8 Å². The molecule has 0 N–H and O–H groups in total. The van der Waals surface area contributed by atoms with Gasteiger partial charge in [-0.05, 0) is 42.5 Å². The smallest absolute Gasteiger partial charge is 0.406 e. The van der Waals surface area contributed by atoms with Gasteiger partial charge in [-0.1, -0.05) is 36.8 Å². The van der Waals surface area contributed by atoms with Crippen LogP contribution in [0.3, 0.4) is 0 Å². The van der Waals surface area contributed by atoms with Crippen LogP contribution in [0.25, 0.3) is 5.57 Å². The molecule has 0 unspecified atom stereocenters. The monoisotopic (exact) mass is 407 g/mol. The maximum Gasteiger partial charge on any atom is 0.573 e. The quantitative estimate of drug-likeness (QED) is 0.660. The van der Waals surface area contributed by atoms with E-state index in [0.717, 1.165) is 22.6 Å². The summed E-state index contributed by atoms with van der Waals surface area (Å²) >= 11 is 1.26. The molecule has 28 heavy (non-hydrogen) atoms. The number of hydrogen-bond acceptors (Lipinski definition) is 4. The first kappa shape index (κ1) is 20.0. The van der Waals surface area contributed by atoms with Gasteiger partial charge >= 0.3 is 6.36 Å². The molecule has 0 radical (unpaired) electrons. The van der Waals surface area contributed by atoms with Crippen LogP contribution in [-0.2, 0) is 9.59 Å². The summed E-state index contributed by atoms with van der Waals surface area (Å²) in [7, 11) is 0. The maximum atomic E-state index is 13.0. The van der Waals surface area contributed by atoms with Crippen LogP contribution in [0, 0.1) is 6.92 Å². The Bertz CT molecular complexity index is 935. The van der Waals surface area contributed by atoms with E-state index in [9.17, 15) is 22.8 Å². The number of alkyl halides is 3. The summed E-state index contributed by atoms with van der Waals surface area (Å²) in [6, 6.07) is 11.9. The molecule has 2 aromatic carbocycles. The number of nitrogens with zero attached hydrogens (tertiary/aromatic N) is 1. The molecule has 0 fully saturated rings. The molecule has 4 nitrogen and oxygen atoms in total. The maximum absolute atomic E-state index is 13.0. The van der Waals surface area contributed by atoms with Gasteiger partial charge in [-0.3, -0.25) is 9.59 Å². The number of hydrogen-bond donors (Lipinski definition) is 0. The number of benzene rings is 2. The first-order valence-electron chi connectivity index (χ1n) is 8.40. The predicted octanol–water partition coefficient (Wildman–Crippen LogP) is 4.93. The predicted molar refractivity (Wildman–Crippen MR) is 102 cm³/mol. The topological polar surface area (TPSA) is 46.6 Å². The van der Waals surface area contributed by atoms with Crippen molar-refractivity contribution in [3.8, 4) is 5.75 Å². The molecule has 1 aliphatic rings. The van der Waals surface area contributed by atoms with E-state index in [1.54, 1.807) is 12.1 Å². The lowest BCUT2D eigenvalue weighted by Crippen LogP contribution is -2.31. The Kier molecular flexibility index (Phi) is 5.51. The molecule has 2 aromatic rings. The first-order chi connectivity index (χ1) is 13.2. The highest BCUT2D eigenvalue weighted by Crippen LogP contribution is 2.38. The Hall–Kier alpha value is -2.74. The van der Waals surface area contributed by atoms with E-state index >= 15 is 0 Å². The van der Waals surface area contributed by atoms with Crippen molar-refractivity contribution >= 4 is 34.8 Å². The third-order valence-electron chi connectivity index (χ3n) is 4.00. The van der Waals surface area contributed by atoms with Crippen molar-refractivity contribution in [1.82, 2.24) is 0 Å². The van der Waals surface area contributed by atoms with Crippen molar-refractivity contribution in [3.63, 3.8) is 0 Å². The summed E-state index contributed by atoms with van der Waals surface area (Å²) in [6.45, 7) is 3.78. The summed E-state index contributed by atoms with van der Waals surface area (Å²) in [4.78, 5) is 27.2. The van der Waals surface area contributed by atoms with Crippen LogP contribution in [0.4, 0.5) is 18.9 Å². The largest absolute Gasteiger partial charge is 0.573 e. The fourth-order valence-electron chi connectivity index (χ4n) is 2.79. The van der Waals surface area contributed by atoms with E-state index in [1.807, 2.05) is 26.0 Å². The minimum Gasteiger partial charge on any atom is -0.406 e. The molecular weight excluding hydrogens is 391 g/mol. The Balaban J connectivity index is 1.95. The normalized spacial score (nSPS) is 14.8. The number of imide groups is 1. The van der Waals surface area contributed by atoms with Crippen LogP contribution in [0.15, 0.2) is 53.4 Å². The molecule has 0 aliphatic carbocycles. The molecule has 0 atom stereocenters. The summed E-state index contributed by atoms with van der Waals surface area (Å²) in [5.41, 5.74) is 2.12. The summed E-state index contributed by atoms with van der Waals surface area (Å²) in [6.07, 6.45) is -4.81.